The fourth-order valence-corrected chi connectivity index (χ4v) is 2.75. The standard InChI is InChI=1S/C15H18O4/c16-14(17)12-7-11(8-13(9-12)15(18)19)6-5-10-3-1-2-4-10/h7-10H,1-6H2,(H,16,17)(H,18,19). The second-order valence-corrected chi connectivity index (χ2v) is 5.22. The zero-order chi connectivity index (χ0) is 13.8. The van der Waals surface area contributed by atoms with E-state index in [1.54, 1.807) is 12.1 Å². The first-order valence-electron chi connectivity index (χ1n) is 6.67. The van der Waals surface area contributed by atoms with Gasteiger partial charge in [-0.1, -0.05) is 25.7 Å². The number of rotatable bonds is 5. The number of aromatic carboxylic acids is 2. The quantitative estimate of drug-likeness (QED) is 0.854. The van der Waals surface area contributed by atoms with Gasteiger partial charge in [-0.2, -0.15) is 0 Å². The number of benzene rings is 1. The summed E-state index contributed by atoms with van der Waals surface area (Å²) in [5.74, 6) is -1.45. The van der Waals surface area contributed by atoms with Crippen LogP contribution >= 0.6 is 0 Å². The molecular formula is C15H18O4. The molecule has 2 rings (SSSR count). The summed E-state index contributed by atoms with van der Waals surface area (Å²) in [4.78, 5) is 22.0. The lowest BCUT2D eigenvalue weighted by molar-refractivity contribution is 0.0696. The molecule has 102 valence electrons. The van der Waals surface area contributed by atoms with Crippen LogP contribution in [-0.2, 0) is 6.42 Å². The highest BCUT2D eigenvalue weighted by Gasteiger charge is 2.16. The van der Waals surface area contributed by atoms with Crippen LogP contribution in [0.3, 0.4) is 0 Å². The van der Waals surface area contributed by atoms with E-state index in [1.165, 1.54) is 31.7 Å². The average molecular weight is 262 g/mol. The van der Waals surface area contributed by atoms with Crippen molar-refractivity contribution >= 4 is 11.9 Å². The Bertz CT molecular complexity index is 455. The number of carboxylic acids is 2. The lowest BCUT2D eigenvalue weighted by atomic mass is 9.96. The maximum Gasteiger partial charge on any atom is 0.335 e. The SMILES string of the molecule is O=C(O)c1cc(CCC2CCCC2)cc(C(=O)O)c1. The zero-order valence-corrected chi connectivity index (χ0v) is 10.8. The first-order chi connectivity index (χ1) is 9.06. The molecule has 1 saturated carbocycles. The van der Waals surface area contributed by atoms with Crippen LogP contribution in [0.25, 0.3) is 0 Å². The van der Waals surface area contributed by atoms with Crippen molar-refractivity contribution in [1.29, 1.82) is 0 Å². The average Bonchev–Trinajstić information content (AvgIpc) is 2.89. The van der Waals surface area contributed by atoms with Gasteiger partial charge in [0.05, 0.1) is 11.1 Å². The van der Waals surface area contributed by atoms with Gasteiger partial charge in [-0.25, -0.2) is 9.59 Å². The maximum atomic E-state index is 11.0. The van der Waals surface area contributed by atoms with Gasteiger partial charge in [-0.05, 0) is 42.5 Å². The van der Waals surface area contributed by atoms with E-state index in [0.717, 1.165) is 18.4 Å². The molecule has 2 N–H and O–H groups in total. The Morgan fingerprint density at radius 1 is 1.00 bits per heavy atom. The summed E-state index contributed by atoms with van der Waals surface area (Å²) in [7, 11) is 0. The lowest BCUT2D eigenvalue weighted by Crippen LogP contribution is -2.05. The van der Waals surface area contributed by atoms with E-state index in [9.17, 15) is 9.59 Å². The summed E-state index contributed by atoms with van der Waals surface area (Å²) >= 11 is 0. The molecule has 4 heteroatoms. The summed E-state index contributed by atoms with van der Waals surface area (Å²) < 4.78 is 0. The molecule has 4 nitrogen and oxygen atoms in total. The van der Waals surface area contributed by atoms with Crippen molar-refractivity contribution in [2.75, 3.05) is 0 Å². The van der Waals surface area contributed by atoms with E-state index in [2.05, 4.69) is 0 Å². The Balaban J connectivity index is 2.13. The van der Waals surface area contributed by atoms with Crippen molar-refractivity contribution in [3.05, 3.63) is 34.9 Å². The number of carboxylic acid groups (broad SMARTS) is 2. The molecule has 19 heavy (non-hydrogen) atoms. The Morgan fingerprint density at radius 3 is 2.00 bits per heavy atom. The molecule has 1 fully saturated rings. The van der Waals surface area contributed by atoms with Gasteiger partial charge >= 0.3 is 11.9 Å². The molecule has 1 aromatic rings. The predicted molar refractivity (Wildman–Crippen MR) is 70.6 cm³/mol. The number of hydrogen-bond acceptors (Lipinski definition) is 2. The number of aryl methyl sites for hydroxylation is 1. The van der Waals surface area contributed by atoms with Gasteiger partial charge in [-0.15, -0.1) is 0 Å². The second kappa shape index (κ2) is 5.87. The smallest absolute Gasteiger partial charge is 0.335 e. The van der Waals surface area contributed by atoms with Crippen LogP contribution in [0, 0.1) is 5.92 Å². The molecule has 0 aliphatic heterocycles. The molecule has 0 radical (unpaired) electrons. The minimum Gasteiger partial charge on any atom is -0.478 e. The van der Waals surface area contributed by atoms with E-state index < -0.39 is 11.9 Å². The van der Waals surface area contributed by atoms with Crippen molar-refractivity contribution in [3.8, 4) is 0 Å². The molecular weight excluding hydrogens is 244 g/mol. The van der Waals surface area contributed by atoms with Gasteiger partial charge < -0.3 is 10.2 Å². The molecule has 0 unspecified atom stereocenters. The minimum atomic E-state index is -1.08. The number of carbonyl (C=O) groups is 2. The van der Waals surface area contributed by atoms with Gasteiger partial charge in [0.15, 0.2) is 0 Å². The predicted octanol–water partition coefficient (Wildman–Crippen LogP) is 3.21. The van der Waals surface area contributed by atoms with Crippen LogP contribution in [0.1, 0.15) is 58.4 Å². The molecule has 0 saturated heterocycles. The first-order valence-corrected chi connectivity index (χ1v) is 6.67. The third-order valence-corrected chi connectivity index (χ3v) is 3.80. The van der Waals surface area contributed by atoms with E-state index >= 15 is 0 Å². The van der Waals surface area contributed by atoms with Gasteiger partial charge in [0.1, 0.15) is 0 Å². The van der Waals surface area contributed by atoms with E-state index in [4.69, 9.17) is 10.2 Å². The summed E-state index contributed by atoms with van der Waals surface area (Å²) in [5, 5.41) is 18.0. The Hall–Kier alpha value is -1.84. The van der Waals surface area contributed by atoms with E-state index in [1.807, 2.05) is 0 Å². The molecule has 1 aliphatic carbocycles. The highest BCUT2D eigenvalue weighted by Crippen LogP contribution is 2.29. The van der Waals surface area contributed by atoms with Crippen molar-refractivity contribution in [2.45, 2.75) is 38.5 Å². The van der Waals surface area contributed by atoms with Gasteiger partial charge in [-0.3, -0.25) is 0 Å². The highest BCUT2D eigenvalue weighted by molar-refractivity contribution is 5.94. The van der Waals surface area contributed by atoms with Crippen LogP contribution in [0.15, 0.2) is 18.2 Å². The van der Waals surface area contributed by atoms with Crippen molar-refractivity contribution in [1.82, 2.24) is 0 Å². The van der Waals surface area contributed by atoms with Crippen molar-refractivity contribution < 1.29 is 19.8 Å². The Kier molecular flexibility index (Phi) is 4.20. The minimum absolute atomic E-state index is 0.0568. The van der Waals surface area contributed by atoms with Crippen LogP contribution in [0.4, 0.5) is 0 Å². The molecule has 0 heterocycles. The summed E-state index contributed by atoms with van der Waals surface area (Å²) in [6, 6.07) is 4.39. The van der Waals surface area contributed by atoms with Gasteiger partial charge in [0, 0.05) is 0 Å². The van der Waals surface area contributed by atoms with Crippen LogP contribution in [-0.4, -0.2) is 22.2 Å². The molecule has 0 aromatic heterocycles. The highest BCUT2D eigenvalue weighted by atomic mass is 16.4. The van der Waals surface area contributed by atoms with Crippen molar-refractivity contribution in [2.24, 2.45) is 5.92 Å². The monoisotopic (exact) mass is 262 g/mol. The second-order valence-electron chi connectivity index (χ2n) is 5.22. The van der Waals surface area contributed by atoms with E-state index in [-0.39, 0.29) is 11.1 Å². The molecule has 0 bridgehead atoms. The van der Waals surface area contributed by atoms with Crippen LogP contribution < -0.4 is 0 Å². The zero-order valence-electron chi connectivity index (χ0n) is 10.8. The Morgan fingerprint density at radius 2 is 1.53 bits per heavy atom. The molecule has 1 aromatic carbocycles. The third-order valence-electron chi connectivity index (χ3n) is 3.80. The Labute approximate surface area is 112 Å². The summed E-state index contributed by atoms with van der Waals surface area (Å²) in [5.41, 5.74) is 0.923. The maximum absolute atomic E-state index is 11.0. The lowest BCUT2D eigenvalue weighted by Gasteiger charge is -2.10. The van der Waals surface area contributed by atoms with Crippen molar-refractivity contribution in [3.63, 3.8) is 0 Å². The van der Waals surface area contributed by atoms with E-state index in [0.29, 0.717) is 5.92 Å². The molecule has 1 aliphatic rings. The third kappa shape index (κ3) is 3.56. The van der Waals surface area contributed by atoms with Gasteiger partial charge in [0.2, 0.25) is 0 Å². The topological polar surface area (TPSA) is 74.6 Å². The van der Waals surface area contributed by atoms with Gasteiger partial charge in [0.25, 0.3) is 0 Å². The van der Waals surface area contributed by atoms with Crippen LogP contribution in [0.2, 0.25) is 0 Å². The normalized spacial score (nSPS) is 15.6. The molecule has 0 spiro atoms. The molecule has 0 atom stereocenters. The summed E-state index contributed by atoms with van der Waals surface area (Å²) in [6.45, 7) is 0. The largest absolute Gasteiger partial charge is 0.478 e. The fourth-order valence-electron chi connectivity index (χ4n) is 2.75. The number of hydrogen-bond donors (Lipinski definition) is 2. The van der Waals surface area contributed by atoms with Crippen LogP contribution in [0.5, 0.6) is 0 Å². The first kappa shape index (κ1) is 13.6. The summed E-state index contributed by atoms with van der Waals surface area (Å²) in [6.07, 6.45) is 6.81. The fraction of sp³-hybridized carbons (Fsp3) is 0.467. The molecule has 0 amide bonds.